The molecule has 1 atom stereocenters. The maximum atomic E-state index is 12.9. The summed E-state index contributed by atoms with van der Waals surface area (Å²) in [6.07, 6.45) is 17.0. The number of ether oxygens (including phenoxy) is 1. The van der Waals surface area contributed by atoms with Crippen molar-refractivity contribution in [2.24, 2.45) is 5.73 Å². The average molecular weight is 544 g/mol. The van der Waals surface area contributed by atoms with Gasteiger partial charge in [-0.3, -0.25) is 9.78 Å². The van der Waals surface area contributed by atoms with Crippen LogP contribution in [0.25, 0.3) is 11.1 Å². The molecule has 1 heterocycles. The molecule has 3 N–H and O–H groups in total. The Kier molecular flexibility index (Phi) is 13.4. The monoisotopic (exact) mass is 543 g/mol. The maximum Gasteiger partial charge on any atom is 0.338 e. The minimum atomic E-state index is -0.331. The lowest BCUT2D eigenvalue weighted by molar-refractivity contribution is 0.0497. The standard InChI is InChI=1S/C34H45N3O3/c1-3-4-5-6-7-8-9-10-11-12-13-23-40-34(39)29-16-14-15-27(24-29)32-25-28(17-18-31(32)26(2)35)33(38)37-30-19-21-36-22-20-30/h14-22,24-26H,3-13,23,35H2,1-2H3,(H,36,37,38). The number of unbranched alkanes of at least 4 members (excludes halogenated alkanes) is 10. The van der Waals surface area contributed by atoms with E-state index in [1.807, 2.05) is 37.3 Å². The van der Waals surface area contributed by atoms with Crippen LogP contribution in [0.3, 0.4) is 0 Å². The summed E-state index contributed by atoms with van der Waals surface area (Å²) in [6.45, 7) is 4.58. The van der Waals surface area contributed by atoms with Crippen molar-refractivity contribution in [3.8, 4) is 11.1 Å². The summed E-state index contributed by atoms with van der Waals surface area (Å²) in [7, 11) is 0. The normalized spacial score (nSPS) is 11.7. The smallest absolute Gasteiger partial charge is 0.338 e. The van der Waals surface area contributed by atoms with Crippen molar-refractivity contribution in [1.29, 1.82) is 0 Å². The fourth-order valence-electron chi connectivity index (χ4n) is 4.81. The zero-order valence-corrected chi connectivity index (χ0v) is 24.2. The van der Waals surface area contributed by atoms with E-state index in [1.165, 1.54) is 57.8 Å². The third kappa shape index (κ3) is 10.2. The van der Waals surface area contributed by atoms with Crippen molar-refractivity contribution in [1.82, 2.24) is 4.98 Å². The predicted octanol–water partition coefficient (Wildman–Crippen LogP) is 8.49. The topological polar surface area (TPSA) is 94.3 Å². The molecule has 3 aromatic rings. The molecular formula is C34H45N3O3. The number of carbonyl (C=O) groups excluding carboxylic acids is 2. The number of esters is 1. The van der Waals surface area contributed by atoms with Gasteiger partial charge in [0.15, 0.2) is 0 Å². The zero-order valence-electron chi connectivity index (χ0n) is 24.2. The van der Waals surface area contributed by atoms with Crippen LogP contribution in [0.5, 0.6) is 0 Å². The molecule has 0 saturated heterocycles. The molecule has 0 aliphatic heterocycles. The number of carbonyl (C=O) groups is 2. The van der Waals surface area contributed by atoms with Crippen molar-refractivity contribution >= 4 is 17.6 Å². The Balaban J connectivity index is 1.53. The van der Waals surface area contributed by atoms with E-state index >= 15 is 0 Å². The number of anilines is 1. The SMILES string of the molecule is CCCCCCCCCCCCCOC(=O)c1cccc(-c2cc(C(=O)Nc3ccncc3)ccc2C(C)N)c1. The first kappa shape index (κ1) is 31.0. The highest BCUT2D eigenvalue weighted by atomic mass is 16.5. The van der Waals surface area contributed by atoms with Gasteiger partial charge >= 0.3 is 5.97 Å². The van der Waals surface area contributed by atoms with Gasteiger partial charge in [0, 0.05) is 29.7 Å². The molecule has 6 nitrogen and oxygen atoms in total. The van der Waals surface area contributed by atoms with Gasteiger partial charge in [-0.2, -0.15) is 0 Å². The van der Waals surface area contributed by atoms with Crippen LogP contribution in [0.2, 0.25) is 0 Å². The fourth-order valence-corrected chi connectivity index (χ4v) is 4.81. The Labute approximate surface area is 239 Å². The Morgan fingerprint density at radius 1 is 0.825 bits per heavy atom. The molecule has 214 valence electrons. The second-order valence-corrected chi connectivity index (χ2v) is 10.5. The first-order valence-corrected chi connectivity index (χ1v) is 14.9. The van der Waals surface area contributed by atoms with Gasteiger partial charge < -0.3 is 15.8 Å². The predicted molar refractivity (Wildman–Crippen MR) is 163 cm³/mol. The molecule has 0 radical (unpaired) electrons. The van der Waals surface area contributed by atoms with Crippen LogP contribution in [-0.2, 0) is 4.74 Å². The number of amides is 1. The number of aromatic nitrogens is 1. The molecule has 0 saturated carbocycles. The zero-order chi connectivity index (χ0) is 28.6. The van der Waals surface area contributed by atoms with E-state index < -0.39 is 0 Å². The van der Waals surface area contributed by atoms with E-state index in [0.29, 0.717) is 23.4 Å². The number of benzene rings is 2. The van der Waals surface area contributed by atoms with E-state index in [2.05, 4.69) is 17.2 Å². The molecule has 0 bridgehead atoms. The Bertz CT molecular complexity index is 1190. The van der Waals surface area contributed by atoms with Gasteiger partial charge in [0.2, 0.25) is 0 Å². The van der Waals surface area contributed by atoms with Crippen molar-refractivity contribution < 1.29 is 14.3 Å². The highest BCUT2D eigenvalue weighted by molar-refractivity contribution is 6.05. The summed E-state index contributed by atoms with van der Waals surface area (Å²) >= 11 is 0. The van der Waals surface area contributed by atoms with Crippen molar-refractivity contribution in [2.45, 2.75) is 90.5 Å². The second kappa shape index (κ2) is 17.2. The van der Waals surface area contributed by atoms with Crippen LogP contribution in [0, 0.1) is 0 Å². The summed E-state index contributed by atoms with van der Waals surface area (Å²) in [6, 6.07) is 16.0. The van der Waals surface area contributed by atoms with Crippen LogP contribution in [-0.4, -0.2) is 23.5 Å². The molecule has 1 aromatic heterocycles. The summed E-state index contributed by atoms with van der Waals surface area (Å²) in [4.78, 5) is 29.7. The molecule has 1 amide bonds. The third-order valence-electron chi connectivity index (χ3n) is 7.13. The lowest BCUT2D eigenvalue weighted by Crippen LogP contribution is -2.14. The van der Waals surface area contributed by atoms with Gasteiger partial charge in [-0.15, -0.1) is 0 Å². The summed E-state index contributed by atoms with van der Waals surface area (Å²) in [5.41, 5.74) is 10.4. The van der Waals surface area contributed by atoms with Crippen molar-refractivity contribution in [2.75, 3.05) is 11.9 Å². The largest absolute Gasteiger partial charge is 0.462 e. The van der Waals surface area contributed by atoms with Crippen LogP contribution in [0.1, 0.15) is 117 Å². The molecule has 1 unspecified atom stereocenters. The van der Waals surface area contributed by atoms with Crippen LogP contribution in [0.15, 0.2) is 67.0 Å². The van der Waals surface area contributed by atoms with Gasteiger partial charge in [0.1, 0.15) is 0 Å². The molecule has 6 heteroatoms. The minimum Gasteiger partial charge on any atom is -0.462 e. The van der Waals surface area contributed by atoms with Gasteiger partial charge in [-0.05, 0) is 66.4 Å². The Morgan fingerprint density at radius 2 is 1.48 bits per heavy atom. The number of hydrogen-bond acceptors (Lipinski definition) is 5. The van der Waals surface area contributed by atoms with Gasteiger partial charge in [0.25, 0.3) is 5.91 Å². The lowest BCUT2D eigenvalue weighted by Gasteiger charge is -2.16. The fraction of sp³-hybridized carbons (Fsp3) is 0.441. The first-order chi connectivity index (χ1) is 19.5. The molecule has 0 fully saturated rings. The van der Waals surface area contributed by atoms with E-state index in [9.17, 15) is 9.59 Å². The molecular weight excluding hydrogens is 498 g/mol. The quantitative estimate of drug-likeness (QED) is 0.131. The Hall–Kier alpha value is -3.51. The van der Waals surface area contributed by atoms with Crippen LogP contribution in [0.4, 0.5) is 5.69 Å². The molecule has 2 aromatic carbocycles. The number of nitrogens with zero attached hydrogens (tertiary/aromatic N) is 1. The summed E-state index contributed by atoms with van der Waals surface area (Å²) < 4.78 is 5.57. The van der Waals surface area contributed by atoms with E-state index in [1.54, 1.807) is 36.7 Å². The van der Waals surface area contributed by atoms with Gasteiger partial charge in [-0.1, -0.05) is 89.3 Å². The van der Waals surface area contributed by atoms with Crippen molar-refractivity contribution in [3.63, 3.8) is 0 Å². The number of hydrogen-bond donors (Lipinski definition) is 2. The van der Waals surface area contributed by atoms with Crippen LogP contribution < -0.4 is 11.1 Å². The summed E-state index contributed by atoms with van der Waals surface area (Å²) in [5, 5.41) is 2.89. The maximum absolute atomic E-state index is 12.9. The third-order valence-corrected chi connectivity index (χ3v) is 7.13. The highest BCUT2D eigenvalue weighted by Crippen LogP contribution is 2.30. The van der Waals surface area contributed by atoms with Crippen LogP contribution >= 0.6 is 0 Å². The lowest BCUT2D eigenvalue weighted by atomic mass is 9.92. The number of nitrogens with one attached hydrogen (secondary N) is 1. The molecule has 0 spiro atoms. The molecule has 3 rings (SSSR count). The van der Waals surface area contributed by atoms with E-state index in [-0.39, 0.29) is 17.9 Å². The summed E-state index contributed by atoms with van der Waals surface area (Å²) in [5.74, 6) is -0.561. The Morgan fingerprint density at radius 3 is 2.12 bits per heavy atom. The minimum absolute atomic E-state index is 0.230. The van der Waals surface area contributed by atoms with E-state index in [4.69, 9.17) is 10.5 Å². The van der Waals surface area contributed by atoms with Gasteiger partial charge in [-0.25, -0.2) is 4.79 Å². The number of nitrogens with two attached hydrogens (primary N) is 1. The molecule has 0 aliphatic carbocycles. The van der Waals surface area contributed by atoms with Crippen molar-refractivity contribution in [3.05, 3.63) is 83.7 Å². The number of rotatable bonds is 17. The number of pyridine rings is 1. The van der Waals surface area contributed by atoms with Gasteiger partial charge in [0.05, 0.1) is 12.2 Å². The van der Waals surface area contributed by atoms with E-state index in [0.717, 1.165) is 29.5 Å². The molecule has 40 heavy (non-hydrogen) atoms. The second-order valence-electron chi connectivity index (χ2n) is 10.5. The average Bonchev–Trinajstić information content (AvgIpc) is 2.97. The molecule has 0 aliphatic rings. The first-order valence-electron chi connectivity index (χ1n) is 14.9. The highest BCUT2D eigenvalue weighted by Gasteiger charge is 2.16.